The summed E-state index contributed by atoms with van der Waals surface area (Å²) in [6.07, 6.45) is 6.73. The Hall–Kier alpha value is -1.73. The first kappa shape index (κ1) is 18.6. The van der Waals surface area contributed by atoms with Gasteiger partial charge < -0.3 is 10.1 Å². The Bertz CT molecular complexity index is 738. The van der Waals surface area contributed by atoms with E-state index in [1.165, 1.54) is 0 Å². The molecule has 0 aliphatic carbocycles. The van der Waals surface area contributed by atoms with Crippen LogP contribution < -0.4 is 10.1 Å². The van der Waals surface area contributed by atoms with E-state index in [1.54, 1.807) is 0 Å². The zero-order chi connectivity index (χ0) is 17.4. The number of nitrogens with one attached hydrogen (secondary N) is 1. The highest BCUT2D eigenvalue weighted by atomic mass is 35.5. The molecule has 0 aromatic heterocycles. The Morgan fingerprint density at radius 2 is 1.83 bits per heavy atom. The maximum Gasteiger partial charge on any atom is 0.148 e. The summed E-state index contributed by atoms with van der Waals surface area (Å²) in [4.78, 5) is 0.814. The van der Waals surface area contributed by atoms with E-state index in [4.69, 9.17) is 46.6 Å². The van der Waals surface area contributed by atoms with E-state index in [0.717, 1.165) is 34.0 Å². The number of thiocarbonyl (C=S) groups is 1. The lowest BCUT2D eigenvalue weighted by Gasteiger charge is -2.10. The quantitative estimate of drug-likeness (QED) is 0.538. The third kappa shape index (κ3) is 6.05. The number of benzene rings is 2. The van der Waals surface area contributed by atoms with Crippen molar-refractivity contribution in [2.45, 2.75) is 19.4 Å². The van der Waals surface area contributed by atoms with Crippen molar-refractivity contribution in [2.75, 3.05) is 6.61 Å². The molecular weight excluding hydrogens is 361 g/mol. The van der Waals surface area contributed by atoms with Crippen LogP contribution in [0.4, 0.5) is 0 Å². The van der Waals surface area contributed by atoms with Crippen molar-refractivity contribution in [1.82, 2.24) is 5.32 Å². The van der Waals surface area contributed by atoms with Crippen LogP contribution in [-0.2, 0) is 13.0 Å². The third-order valence-corrected chi connectivity index (χ3v) is 4.25. The minimum Gasteiger partial charge on any atom is -0.479 e. The van der Waals surface area contributed by atoms with Crippen molar-refractivity contribution < 1.29 is 4.74 Å². The molecule has 5 heteroatoms. The Morgan fingerprint density at radius 1 is 1.12 bits per heavy atom. The second kappa shape index (κ2) is 9.54. The molecule has 0 saturated heterocycles. The van der Waals surface area contributed by atoms with Gasteiger partial charge in [0.15, 0.2) is 0 Å². The van der Waals surface area contributed by atoms with Crippen LogP contribution in [0.15, 0.2) is 42.5 Å². The summed E-state index contributed by atoms with van der Waals surface area (Å²) in [6, 6.07) is 13.4. The minimum absolute atomic E-state index is 0.206. The molecule has 2 nitrogen and oxygen atoms in total. The van der Waals surface area contributed by atoms with E-state index in [9.17, 15) is 0 Å². The molecule has 2 rings (SSSR count). The van der Waals surface area contributed by atoms with E-state index >= 15 is 0 Å². The molecule has 0 spiro atoms. The van der Waals surface area contributed by atoms with Gasteiger partial charge >= 0.3 is 0 Å². The van der Waals surface area contributed by atoms with Gasteiger partial charge in [-0.3, -0.25) is 0 Å². The van der Waals surface area contributed by atoms with Gasteiger partial charge in [0.05, 0.1) is 10.0 Å². The predicted octanol–water partition coefficient (Wildman–Crippen LogP) is 5.06. The van der Waals surface area contributed by atoms with Gasteiger partial charge in [-0.15, -0.1) is 6.42 Å². The summed E-state index contributed by atoms with van der Waals surface area (Å²) >= 11 is 17.4. The van der Waals surface area contributed by atoms with Crippen LogP contribution in [-0.4, -0.2) is 11.6 Å². The summed E-state index contributed by atoms with van der Waals surface area (Å²) in [5.74, 6) is 3.01. The number of hydrogen-bond acceptors (Lipinski definition) is 2. The van der Waals surface area contributed by atoms with Gasteiger partial charge in [0.1, 0.15) is 12.4 Å². The summed E-state index contributed by atoms with van der Waals surface area (Å²) in [7, 11) is 0. The van der Waals surface area contributed by atoms with Crippen molar-refractivity contribution >= 4 is 40.4 Å². The second-order valence-electron chi connectivity index (χ2n) is 5.16. The monoisotopic (exact) mass is 377 g/mol. The molecule has 2 aromatic carbocycles. The number of aryl methyl sites for hydroxylation is 1. The van der Waals surface area contributed by atoms with E-state index in [-0.39, 0.29) is 6.61 Å². The number of terminal acetylenes is 1. The first-order chi connectivity index (χ1) is 11.6. The van der Waals surface area contributed by atoms with Crippen LogP contribution in [0, 0.1) is 12.3 Å². The van der Waals surface area contributed by atoms with Crippen molar-refractivity contribution in [3.63, 3.8) is 0 Å². The molecule has 0 bridgehead atoms. The molecule has 0 atom stereocenters. The smallest absolute Gasteiger partial charge is 0.148 e. The zero-order valence-electron chi connectivity index (χ0n) is 13.0. The SMILES string of the molecule is C#CCOc1ccc(CCC(=S)NCc2ccc(Cl)cc2)cc1Cl. The van der Waals surface area contributed by atoms with Crippen LogP contribution in [0.5, 0.6) is 5.75 Å². The maximum absolute atomic E-state index is 6.18. The van der Waals surface area contributed by atoms with Gasteiger partial charge in [-0.1, -0.05) is 59.5 Å². The van der Waals surface area contributed by atoms with Crippen molar-refractivity contribution in [2.24, 2.45) is 0 Å². The lowest BCUT2D eigenvalue weighted by Crippen LogP contribution is -2.21. The fourth-order valence-electron chi connectivity index (χ4n) is 2.09. The van der Waals surface area contributed by atoms with Gasteiger partial charge in [-0.2, -0.15) is 0 Å². The fourth-order valence-corrected chi connectivity index (χ4v) is 2.64. The van der Waals surface area contributed by atoms with E-state index in [2.05, 4.69) is 11.2 Å². The van der Waals surface area contributed by atoms with Gasteiger partial charge in [-0.25, -0.2) is 0 Å². The molecule has 0 aliphatic heterocycles. The highest BCUT2D eigenvalue weighted by molar-refractivity contribution is 7.80. The van der Waals surface area contributed by atoms with E-state index < -0.39 is 0 Å². The van der Waals surface area contributed by atoms with E-state index in [0.29, 0.717) is 17.3 Å². The number of ether oxygens (including phenoxy) is 1. The van der Waals surface area contributed by atoms with Crippen LogP contribution >= 0.6 is 35.4 Å². The Labute approximate surface area is 158 Å². The van der Waals surface area contributed by atoms with Crippen LogP contribution in [0.2, 0.25) is 10.0 Å². The minimum atomic E-state index is 0.206. The van der Waals surface area contributed by atoms with Crippen molar-refractivity contribution in [3.05, 3.63) is 63.6 Å². The highest BCUT2D eigenvalue weighted by Crippen LogP contribution is 2.25. The van der Waals surface area contributed by atoms with Gasteiger partial charge in [0, 0.05) is 18.0 Å². The Kier molecular flexibility index (Phi) is 7.39. The summed E-state index contributed by atoms with van der Waals surface area (Å²) in [6.45, 7) is 0.896. The topological polar surface area (TPSA) is 21.3 Å². The first-order valence-electron chi connectivity index (χ1n) is 7.44. The number of halogens is 2. The van der Waals surface area contributed by atoms with Crippen LogP contribution in [0.25, 0.3) is 0 Å². The average molecular weight is 378 g/mol. The third-order valence-electron chi connectivity index (χ3n) is 3.35. The summed E-state index contributed by atoms with van der Waals surface area (Å²) < 4.78 is 5.35. The molecule has 0 saturated carbocycles. The molecule has 1 N–H and O–H groups in total. The zero-order valence-corrected chi connectivity index (χ0v) is 15.3. The lowest BCUT2D eigenvalue weighted by molar-refractivity contribution is 0.370. The number of rotatable bonds is 7. The van der Waals surface area contributed by atoms with Crippen LogP contribution in [0.1, 0.15) is 17.5 Å². The van der Waals surface area contributed by atoms with Gasteiger partial charge in [0.25, 0.3) is 0 Å². The molecule has 124 valence electrons. The number of hydrogen-bond donors (Lipinski definition) is 1. The standard InChI is InChI=1S/C19H17Cl2NOS/c1-2-11-23-18-9-5-14(12-17(18)21)6-10-19(24)22-13-15-3-7-16(20)8-4-15/h1,3-5,7-9,12H,6,10-11,13H2,(H,22,24). The fraction of sp³-hybridized carbons (Fsp3) is 0.211. The average Bonchev–Trinajstić information content (AvgIpc) is 2.58. The molecular formula is C19H17Cl2NOS. The highest BCUT2D eigenvalue weighted by Gasteiger charge is 2.04. The lowest BCUT2D eigenvalue weighted by atomic mass is 10.1. The Balaban J connectivity index is 1.80. The van der Waals surface area contributed by atoms with Crippen molar-refractivity contribution in [1.29, 1.82) is 0 Å². The largest absolute Gasteiger partial charge is 0.479 e. The molecule has 0 amide bonds. The summed E-state index contributed by atoms with van der Waals surface area (Å²) in [5, 5.41) is 4.54. The molecule has 0 fully saturated rings. The van der Waals surface area contributed by atoms with Gasteiger partial charge in [0.2, 0.25) is 0 Å². The maximum atomic E-state index is 6.18. The Morgan fingerprint density at radius 3 is 2.50 bits per heavy atom. The molecule has 0 unspecified atom stereocenters. The second-order valence-corrected chi connectivity index (χ2v) is 6.50. The van der Waals surface area contributed by atoms with Crippen molar-refractivity contribution in [3.8, 4) is 18.1 Å². The first-order valence-corrected chi connectivity index (χ1v) is 8.60. The normalized spacial score (nSPS) is 10.0. The molecule has 24 heavy (non-hydrogen) atoms. The molecule has 0 aliphatic rings. The molecule has 0 radical (unpaired) electrons. The molecule has 2 aromatic rings. The molecule has 0 heterocycles. The van der Waals surface area contributed by atoms with Gasteiger partial charge in [-0.05, 0) is 41.8 Å². The van der Waals surface area contributed by atoms with Crippen LogP contribution in [0.3, 0.4) is 0 Å². The summed E-state index contributed by atoms with van der Waals surface area (Å²) in [5.41, 5.74) is 2.24. The van der Waals surface area contributed by atoms with E-state index in [1.807, 2.05) is 42.5 Å². The predicted molar refractivity (Wildman–Crippen MR) is 105 cm³/mol.